The van der Waals surface area contributed by atoms with Crippen molar-refractivity contribution in [2.75, 3.05) is 5.32 Å². The van der Waals surface area contributed by atoms with E-state index in [2.05, 4.69) is 10.4 Å². The minimum absolute atomic E-state index is 0.0441. The molecule has 4 aromatic carbocycles. The first-order valence-corrected chi connectivity index (χ1v) is 11.9. The Morgan fingerprint density at radius 1 is 0.794 bits per heavy atom. The fourth-order valence-electron chi connectivity index (χ4n) is 3.69. The maximum atomic E-state index is 13.1. The summed E-state index contributed by atoms with van der Waals surface area (Å²) < 4.78 is 23.8. The standard InChI is InChI=1S/C26H22N4O3S/c27-29-17-18-6-5-7-20(16-18)22-8-1-2-10-24(22)26(31)30-21-14-12-19(13-15-21)23-9-3-4-11-25(23)34(28,32)33/h1-17H,27H2,(H,30,31)(H2,28,32,33). The lowest BCUT2D eigenvalue weighted by Crippen LogP contribution is -2.13. The number of amides is 1. The largest absolute Gasteiger partial charge is 0.323 e. The maximum absolute atomic E-state index is 13.1. The van der Waals surface area contributed by atoms with Crippen LogP contribution in [0.3, 0.4) is 0 Å². The van der Waals surface area contributed by atoms with Crippen LogP contribution in [-0.2, 0) is 10.0 Å². The van der Waals surface area contributed by atoms with Crippen LogP contribution in [0.25, 0.3) is 22.3 Å². The van der Waals surface area contributed by atoms with Crippen molar-refractivity contribution in [3.8, 4) is 22.3 Å². The minimum atomic E-state index is -3.87. The Kier molecular flexibility index (Phi) is 6.53. The van der Waals surface area contributed by atoms with E-state index in [4.69, 9.17) is 11.0 Å². The quantitative estimate of drug-likeness (QED) is 0.221. The predicted octanol–water partition coefficient (Wildman–Crippen LogP) is 4.21. The van der Waals surface area contributed by atoms with Gasteiger partial charge in [-0.25, -0.2) is 13.6 Å². The Morgan fingerprint density at radius 3 is 2.18 bits per heavy atom. The minimum Gasteiger partial charge on any atom is -0.323 e. The predicted molar refractivity (Wildman–Crippen MR) is 135 cm³/mol. The summed E-state index contributed by atoms with van der Waals surface area (Å²) in [6, 6.07) is 28.3. The molecule has 170 valence electrons. The molecule has 0 fully saturated rings. The number of carbonyl (C=O) groups excluding carboxylic acids is 1. The number of primary sulfonamides is 1. The first-order valence-electron chi connectivity index (χ1n) is 10.3. The molecule has 0 aliphatic carbocycles. The van der Waals surface area contributed by atoms with Crippen LogP contribution < -0.4 is 16.3 Å². The molecule has 0 saturated carbocycles. The molecule has 0 spiro atoms. The number of rotatable bonds is 6. The highest BCUT2D eigenvalue weighted by molar-refractivity contribution is 7.89. The molecule has 0 bridgehead atoms. The monoisotopic (exact) mass is 470 g/mol. The van der Waals surface area contributed by atoms with Crippen molar-refractivity contribution in [2.24, 2.45) is 16.1 Å². The molecule has 8 heteroatoms. The van der Waals surface area contributed by atoms with E-state index >= 15 is 0 Å². The molecule has 34 heavy (non-hydrogen) atoms. The van der Waals surface area contributed by atoms with Crippen molar-refractivity contribution in [1.82, 2.24) is 0 Å². The zero-order chi connectivity index (χ0) is 24.1. The van der Waals surface area contributed by atoms with E-state index in [1.165, 1.54) is 6.07 Å². The van der Waals surface area contributed by atoms with Crippen molar-refractivity contribution in [2.45, 2.75) is 4.90 Å². The van der Waals surface area contributed by atoms with E-state index in [-0.39, 0.29) is 10.8 Å². The lowest BCUT2D eigenvalue weighted by molar-refractivity contribution is 0.102. The van der Waals surface area contributed by atoms with E-state index in [0.717, 1.165) is 16.7 Å². The number of hydrogen-bond donors (Lipinski definition) is 3. The number of nitrogens with two attached hydrogens (primary N) is 2. The van der Waals surface area contributed by atoms with Gasteiger partial charge < -0.3 is 11.2 Å². The Labute approximate surface area is 197 Å². The number of carbonyl (C=O) groups is 1. The Hall–Kier alpha value is -4.27. The second-order valence-corrected chi connectivity index (χ2v) is 9.05. The molecule has 0 radical (unpaired) electrons. The van der Waals surface area contributed by atoms with Crippen LogP contribution in [0.2, 0.25) is 0 Å². The number of hydrazone groups is 1. The summed E-state index contributed by atoms with van der Waals surface area (Å²) in [6.07, 6.45) is 1.54. The molecule has 5 N–H and O–H groups in total. The van der Waals surface area contributed by atoms with E-state index < -0.39 is 10.0 Å². The average molecular weight is 471 g/mol. The molecule has 7 nitrogen and oxygen atoms in total. The van der Waals surface area contributed by atoms with Crippen molar-refractivity contribution in [3.63, 3.8) is 0 Å². The molecule has 0 heterocycles. The van der Waals surface area contributed by atoms with Gasteiger partial charge in [-0.15, -0.1) is 0 Å². The van der Waals surface area contributed by atoms with Crippen LogP contribution >= 0.6 is 0 Å². The van der Waals surface area contributed by atoms with Gasteiger partial charge in [-0.1, -0.05) is 66.7 Å². The number of anilines is 1. The van der Waals surface area contributed by atoms with Gasteiger partial charge in [-0.2, -0.15) is 5.10 Å². The van der Waals surface area contributed by atoms with E-state index in [9.17, 15) is 13.2 Å². The molecule has 0 aliphatic rings. The highest BCUT2D eigenvalue weighted by atomic mass is 32.2. The van der Waals surface area contributed by atoms with Crippen LogP contribution in [-0.4, -0.2) is 20.5 Å². The lowest BCUT2D eigenvalue weighted by Gasteiger charge is -2.12. The van der Waals surface area contributed by atoms with Crippen LogP contribution in [0.15, 0.2) is 107 Å². The van der Waals surface area contributed by atoms with Crippen molar-refractivity contribution in [3.05, 3.63) is 108 Å². The summed E-state index contributed by atoms with van der Waals surface area (Å²) in [7, 11) is -3.87. The zero-order valence-corrected chi connectivity index (χ0v) is 18.9. The summed E-state index contributed by atoms with van der Waals surface area (Å²) in [5, 5.41) is 11.8. The van der Waals surface area contributed by atoms with Crippen LogP contribution in [0.1, 0.15) is 15.9 Å². The summed E-state index contributed by atoms with van der Waals surface area (Å²) in [5.41, 5.74) is 4.69. The highest BCUT2D eigenvalue weighted by Crippen LogP contribution is 2.29. The number of nitrogens with one attached hydrogen (secondary N) is 1. The van der Waals surface area contributed by atoms with Gasteiger partial charge in [0.2, 0.25) is 10.0 Å². The summed E-state index contributed by atoms with van der Waals surface area (Å²) in [5.74, 6) is 4.99. The van der Waals surface area contributed by atoms with Crippen LogP contribution in [0, 0.1) is 0 Å². The molecular weight excluding hydrogens is 448 g/mol. The third-order valence-corrected chi connectivity index (χ3v) is 6.21. The van der Waals surface area contributed by atoms with Gasteiger partial charge in [0.25, 0.3) is 5.91 Å². The second-order valence-electron chi connectivity index (χ2n) is 7.52. The second kappa shape index (κ2) is 9.70. The third-order valence-electron chi connectivity index (χ3n) is 5.24. The lowest BCUT2D eigenvalue weighted by atomic mass is 9.97. The van der Waals surface area contributed by atoms with Crippen LogP contribution in [0.5, 0.6) is 0 Å². The third kappa shape index (κ3) is 5.03. The summed E-state index contributed by atoms with van der Waals surface area (Å²) in [4.78, 5) is 13.2. The molecule has 0 atom stereocenters. The van der Waals surface area contributed by atoms with Gasteiger partial charge in [-0.05, 0) is 52.6 Å². The first-order chi connectivity index (χ1) is 16.4. The zero-order valence-electron chi connectivity index (χ0n) is 18.0. The Bertz CT molecular complexity index is 1480. The molecule has 1 amide bonds. The first kappa shape index (κ1) is 22.9. The van der Waals surface area contributed by atoms with Crippen molar-refractivity contribution < 1.29 is 13.2 Å². The van der Waals surface area contributed by atoms with Gasteiger partial charge in [0.05, 0.1) is 11.1 Å². The van der Waals surface area contributed by atoms with E-state index in [1.54, 1.807) is 60.8 Å². The molecule has 0 aromatic heterocycles. The smallest absolute Gasteiger partial charge is 0.256 e. The summed E-state index contributed by atoms with van der Waals surface area (Å²) in [6.45, 7) is 0. The van der Waals surface area contributed by atoms with Gasteiger partial charge >= 0.3 is 0 Å². The van der Waals surface area contributed by atoms with Crippen LogP contribution in [0.4, 0.5) is 5.69 Å². The Balaban J connectivity index is 1.60. The summed E-state index contributed by atoms with van der Waals surface area (Å²) >= 11 is 0. The van der Waals surface area contributed by atoms with E-state index in [1.807, 2.05) is 36.4 Å². The fourth-order valence-corrected chi connectivity index (χ4v) is 4.45. The average Bonchev–Trinajstić information content (AvgIpc) is 2.84. The molecule has 4 aromatic rings. The highest BCUT2D eigenvalue weighted by Gasteiger charge is 2.16. The molecule has 0 aliphatic heterocycles. The van der Waals surface area contributed by atoms with Crippen molar-refractivity contribution in [1.29, 1.82) is 0 Å². The number of benzene rings is 4. The number of sulfonamides is 1. The van der Waals surface area contributed by atoms with E-state index in [0.29, 0.717) is 22.4 Å². The van der Waals surface area contributed by atoms with Gasteiger partial charge in [0.15, 0.2) is 0 Å². The molecule has 0 saturated heterocycles. The van der Waals surface area contributed by atoms with Crippen molar-refractivity contribution >= 4 is 27.8 Å². The van der Waals surface area contributed by atoms with Gasteiger partial charge in [-0.3, -0.25) is 4.79 Å². The van der Waals surface area contributed by atoms with Gasteiger partial charge in [0, 0.05) is 16.8 Å². The SMILES string of the molecule is NN=Cc1cccc(-c2ccccc2C(=O)Nc2ccc(-c3ccccc3S(N)(=O)=O)cc2)c1. The fraction of sp³-hybridized carbons (Fsp3) is 0. The maximum Gasteiger partial charge on any atom is 0.256 e. The molecule has 4 rings (SSSR count). The normalized spacial score (nSPS) is 11.4. The molecule has 0 unspecified atom stereocenters. The van der Waals surface area contributed by atoms with Gasteiger partial charge in [0.1, 0.15) is 0 Å². The number of nitrogens with zero attached hydrogens (tertiary/aromatic N) is 1. The molecular formula is C26H22N4O3S. The topological polar surface area (TPSA) is 128 Å². The number of hydrogen-bond acceptors (Lipinski definition) is 5. The Morgan fingerprint density at radius 2 is 1.47 bits per heavy atom.